The molecule has 0 radical (unpaired) electrons. The number of nitrogens with zero attached hydrogens (tertiary/aromatic N) is 5. The molecule has 0 fully saturated rings. The van der Waals surface area contributed by atoms with Gasteiger partial charge in [-0.1, -0.05) is 106 Å². The normalized spacial score (nSPS) is 10.3. The molecule has 0 spiro atoms. The predicted octanol–water partition coefficient (Wildman–Crippen LogP) is 13.3. The highest BCUT2D eigenvalue weighted by molar-refractivity contribution is 6.30. The van der Waals surface area contributed by atoms with Crippen molar-refractivity contribution in [1.82, 2.24) is 19.9 Å². The minimum atomic E-state index is 0.203. The molecule has 0 atom stereocenters. The van der Waals surface area contributed by atoms with Crippen molar-refractivity contribution in [3.8, 4) is 18.1 Å². The minimum absolute atomic E-state index is 0.203. The highest BCUT2D eigenvalue weighted by Crippen LogP contribution is 2.25. The number of methoxy groups -OCH3 is 1. The fraction of sp³-hybridized carbons (Fsp3) is 0.383. The van der Waals surface area contributed by atoms with Crippen molar-refractivity contribution < 1.29 is 4.74 Å². The van der Waals surface area contributed by atoms with Gasteiger partial charge in [0.25, 0.3) is 0 Å². The van der Waals surface area contributed by atoms with Crippen LogP contribution in [0.4, 0.5) is 5.69 Å². The molecule has 0 aliphatic carbocycles. The molecule has 0 saturated carbocycles. The molecule has 0 amide bonds. The van der Waals surface area contributed by atoms with Gasteiger partial charge in [0.15, 0.2) is 5.69 Å². The second-order valence-electron chi connectivity index (χ2n) is 14.9. The van der Waals surface area contributed by atoms with E-state index in [9.17, 15) is 0 Å². The third-order valence-corrected chi connectivity index (χ3v) is 8.06. The third kappa shape index (κ3) is 18.6. The third-order valence-electron chi connectivity index (χ3n) is 7.82. The van der Waals surface area contributed by atoms with Gasteiger partial charge < -0.3 is 4.74 Å². The van der Waals surface area contributed by atoms with E-state index in [1.165, 1.54) is 16.8 Å². The fourth-order valence-corrected chi connectivity index (χ4v) is 4.55. The molecule has 7 heteroatoms. The molecule has 0 aliphatic rings. The molecule has 4 heterocycles. The van der Waals surface area contributed by atoms with E-state index in [0.717, 1.165) is 33.4 Å². The Morgan fingerprint density at radius 2 is 1.15 bits per heavy atom. The number of aromatic nitrogens is 4. The maximum absolute atomic E-state index is 6.78. The Hall–Kier alpha value is -5.04. The van der Waals surface area contributed by atoms with Crippen LogP contribution in [0.2, 0.25) is 5.02 Å². The lowest BCUT2D eigenvalue weighted by Gasteiger charge is -2.19. The minimum Gasteiger partial charge on any atom is -0.497 e. The number of hydrogen-bond donors (Lipinski definition) is 0. The molecule has 286 valence electrons. The summed E-state index contributed by atoms with van der Waals surface area (Å²) in [4.78, 5) is 20.1. The number of terminal acetylenes is 1. The monoisotopic (exact) mass is 745 g/mol. The summed E-state index contributed by atoms with van der Waals surface area (Å²) < 4.78 is 5.15. The Morgan fingerprint density at radius 1 is 0.667 bits per heavy atom. The van der Waals surface area contributed by atoms with Gasteiger partial charge in [-0.25, -0.2) is 4.85 Å². The van der Waals surface area contributed by atoms with Crippen LogP contribution in [-0.4, -0.2) is 27.0 Å². The highest BCUT2D eigenvalue weighted by atomic mass is 35.5. The SMILES string of the molecule is C#Cc1ccnc(C(C)C)c1.CC(C)c1cc(Cl)ccn1.COc1cccc(C(C)(C)C)c1.Cc1ccnc(C(C)C)c1.[C-]#[N+]c1ccnc(C(C)C)c1. The van der Waals surface area contributed by atoms with Gasteiger partial charge in [-0.3, -0.25) is 19.9 Å². The summed E-state index contributed by atoms with van der Waals surface area (Å²) in [5, 5.41) is 0.763. The van der Waals surface area contributed by atoms with Gasteiger partial charge in [0.05, 0.1) is 13.7 Å². The zero-order valence-corrected chi connectivity index (χ0v) is 35.4. The molecule has 54 heavy (non-hydrogen) atoms. The van der Waals surface area contributed by atoms with E-state index in [1.807, 2.05) is 48.7 Å². The van der Waals surface area contributed by atoms with Crippen molar-refractivity contribution in [2.75, 3.05) is 7.11 Å². The molecule has 0 bridgehead atoms. The molecule has 1 aromatic carbocycles. The summed E-state index contributed by atoms with van der Waals surface area (Å²) in [5.41, 5.74) is 8.65. The molecule has 0 saturated heterocycles. The number of pyridine rings is 4. The van der Waals surface area contributed by atoms with Gasteiger partial charge in [-0.2, -0.15) is 0 Å². The Balaban J connectivity index is 0.000000338. The van der Waals surface area contributed by atoms with Gasteiger partial charge in [0, 0.05) is 58.1 Å². The number of halogens is 1. The Labute approximate surface area is 331 Å². The molecule has 0 aliphatic heterocycles. The quantitative estimate of drug-likeness (QED) is 0.132. The van der Waals surface area contributed by atoms with Crippen molar-refractivity contribution in [3.63, 3.8) is 0 Å². The lowest BCUT2D eigenvalue weighted by molar-refractivity contribution is 0.412. The average molecular weight is 746 g/mol. The van der Waals surface area contributed by atoms with Crippen LogP contribution >= 0.6 is 11.6 Å². The smallest absolute Gasteiger partial charge is 0.190 e. The average Bonchev–Trinajstić information content (AvgIpc) is 3.15. The molecular weight excluding hydrogens is 686 g/mol. The first-order valence-electron chi connectivity index (χ1n) is 18.4. The van der Waals surface area contributed by atoms with E-state index in [1.54, 1.807) is 37.8 Å². The van der Waals surface area contributed by atoms with E-state index in [4.69, 9.17) is 29.3 Å². The largest absolute Gasteiger partial charge is 0.497 e. The molecule has 5 aromatic rings. The molecule has 6 nitrogen and oxygen atoms in total. The standard InChI is InChI=1S/C11H16O.C10H11N.C9H10N2.C9H13N.C8H10ClN/c1-11(2,3)9-6-5-7-10(8-9)12-4;1-4-9-5-6-11-10(7-9)8(2)3;1-7(2)9-6-8(10-3)4-5-11-9;1-7(2)9-6-8(3)4-5-10-9;1-6(2)8-5-7(9)3-4-10-8/h5-8H,1-4H3;1,5-8H,2-3H3;4-7H,1-2H3;4-7H,1-3H3;3-6H,1-2H3. The highest BCUT2D eigenvalue weighted by Gasteiger charge is 2.13. The summed E-state index contributed by atoms with van der Waals surface area (Å²) in [6, 6.07) is 23.4. The van der Waals surface area contributed by atoms with E-state index in [-0.39, 0.29) is 5.41 Å². The van der Waals surface area contributed by atoms with Crippen molar-refractivity contribution in [1.29, 1.82) is 0 Å². The Bertz CT molecular complexity index is 1800. The zero-order chi connectivity index (χ0) is 40.8. The van der Waals surface area contributed by atoms with Crippen molar-refractivity contribution in [3.05, 3.63) is 153 Å². The Kier molecular flexibility index (Phi) is 21.1. The van der Waals surface area contributed by atoms with E-state index in [0.29, 0.717) is 29.4 Å². The second-order valence-corrected chi connectivity index (χ2v) is 15.4. The zero-order valence-electron chi connectivity index (χ0n) is 34.6. The van der Waals surface area contributed by atoms with Crippen LogP contribution in [0.3, 0.4) is 0 Å². The van der Waals surface area contributed by atoms with Crippen LogP contribution in [-0.2, 0) is 5.41 Å². The van der Waals surface area contributed by atoms with Gasteiger partial charge in [-0.05, 0) is 108 Å². The molecule has 4 aromatic heterocycles. The van der Waals surface area contributed by atoms with Crippen molar-refractivity contribution in [2.45, 2.75) is 112 Å². The van der Waals surface area contributed by atoms with Crippen LogP contribution in [0, 0.1) is 25.8 Å². The van der Waals surface area contributed by atoms with Crippen molar-refractivity contribution in [2.24, 2.45) is 0 Å². The van der Waals surface area contributed by atoms with Crippen LogP contribution in [0.15, 0.2) is 97.6 Å². The van der Waals surface area contributed by atoms with E-state index < -0.39 is 0 Å². The summed E-state index contributed by atoms with van der Waals surface area (Å²) in [6.07, 6.45) is 12.3. The van der Waals surface area contributed by atoms with Crippen molar-refractivity contribution >= 4 is 17.3 Å². The molecule has 0 N–H and O–H groups in total. The van der Waals surface area contributed by atoms with Gasteiger partial charge in [0.2, 0.25) is 0 Å². The van der Waals surface area contributed by atoms with Crippen LogP contribution in [0.5, 0.6) is 5.75 Å². The topological polar surface area (TPSA) is 65.2 Å². The second kappa shape index (κ2) is 24.3. The number of rotatable bonds is 5. The predicted molar refractivity (Wildman–Crippen MR) is 229 cm³/mol. The lowest BCUT2D eigenvalue weighted by atomic mass is 9.87. The summed E-state index contributed by atoms with van der Waals surface area (Å²) in [6.45, 7) is 32.3. The first-order valence-corrected chi connectivity index (χ1v) is 18.7. The van der Waals surface area contributed by atoms with Crippen LogP contribution in [0.25, 0.3) is 4.85 Å². The number of benzene rings is 1. The van der Waals surface area contributed by atoms with Crippen LogP contribution in [0.1, 0.15) is 139 Å². The molecule has 5 rings (SSSR count). The number of ether oxygens (including phenoxy) is 1. The first kappa shape index (κ1) is 47.0. The Morgan fingerprint density at radius 3 is 1.57 bits per heavy atom. The number of hydrogen-bond acceptors (Lipinski definition) is 5. The van der Waals surface area contributed by atoms with Gasteiger partial charge >= 0.3 is 0 Å². The molecule has 0 unspecified atom stereocenters. The maximum atomic E-state index is 6.78. The lowest BCUT2D eigenvalue weighted by Crippen LogP contribution is -2.10. The van der Waals surface area contributed by atoms with Crippen LogP contribution < -0.4 is 4.74 Å². The molecular formula is C47H60ClN5O. The number of aryl methyl sites for hydroxylation is 1. The van der Waals surface area contributed by atoms with Gasteiger partial charge in [0.1, 0.15) is 5.75 Å². The maximum Gasteiger partial charge on any atom is 0.190 e. The van der Waals surface area contributed by atoms with E-state index >= 15 is 0 Å². The summed E-state index contributed by atoms with van der Waals surface area (Å²) >= 11 is 5.75. The first-order chi connectivity index (χ1) is 25.4. The summed E-state index contributed by atoms with van der Waals surface area (Å²) in [5.74, 6) is 5.36. The fourth-order valence-electron chi connectivity index (χ4n) is 4.38. The van der Waals surface area contributed by atoms with E-state index in [2.05, 4.69) is 132 Å². The summed E-state index contributed by atoms with van der Waals surface area (Å²) in [7, 11) is 1.70. The van der Waals surface area contributed by atoms with Gasteiger partial charge in [-0.15, -0.1) is 6.42 Å².